The Hall–Kier alpha value is -1.88. The maximum atomic E-state index is 12.2. The van der Waals surface area contributed by atoms with Crippen molar-refractivity contribution in [2.75, 3.05) is 6.61 Å². The highest BCUT2D eigenvalue weighted by molar-refractivity contribution is 5.94. The summed E-state index contributed by atoms with van der Waals surface area (Å²) in [6.45, 7) is 5.72. The van der Waals surface area contributed by atoms with Gasteiger partial charge in [-0.25, -0.2) is 0 Å². The SMILES string of the molecule is CCC(CC)(CO)NC(=O)c1ccc(CNC(C)=O)cc1. The van der Waals surface area contributed by atoms with E-state index in [-0.39, 0.29) is 18.4 Å². The second kappa shape index (κ2) is 7.78. The lowest BCUT2D eigenvalue weighted by molar-refractivity contribution is -0.119. The number of benzene rings is 1. The Bertz CT molecular complexity index is 471. The van der Waals surface area contributed by atoms with Crippen molar-refractivity contribution in [2.45, 2.75) is 45.7 Å². The minimum Gasteiger partial charge on any atom is -0.394 e. The topological polar surface area (TPSA) is 78.4 Å². The summed E-state index contributed by atoms with van der Waals surface area (Å²) in [4.78, 5) is 23.1. The van der Waals surface area contributed by atoms with Crippen LogP contribution in [0.3, 0.4) is 0 Å². The zero-order valence-electron chi connectivity index (χ0n) is 12.9. The van der Waals surface area contributed by atoms with E-state index in [1.54, 1.807) is 12.1 Å². The molecule has 0 spiro atoms. The van der Waals surface area contributed by atoms with Gasteiger partial charge in [0.05, 0.1) is 12.1 Å². The van der Waals surface area contributed by atoms with Crippen molar-refractivity contribution >= 4 is 11.8 Å². The first kappa shape index (κ1) is 17.2. The minimum atomic E-state index is -0.564. The van der Waals surface area contributed by atoms with Crippen LogP contribution in [-0.2, 0) is 11.3 Å². The van der Waals surface area contributed by atoms with Gasteiger partial charge in [-0.2, -0.15) is 0 Å². The van der Waals surface area contributed by atoms with E-state index >= 15 is 0 Å². The number of hydrogen-bond donors (Lipinski definition) is 3. The van der Waals surface area contributed by atoms with Crippen LogP contribution in [0.1, 0.15) is 49.5 Å². The number of hydrogen-bond acceptors (Lipinski definition) is 3. The van der Waals surface area contributed by atoms with Crippen LogP contribution in [0.15, 0.2) is 24.3 Å². The van der Waals surface area contributed by atoms with E-state index in [4.69, 9.17) is 0 Å². The van der Waals surface area contributed by atoms with E-state index in [9.17, 15) is 14.7 Å². The molecule has 0 fully saturated rings. The number of nitrogens with one attached hydrogen (secondary N) is 2. The highest BCUT2D eigenvalue weighted by Gasteiger charge is 2.27. The molecule has 0 heterocycles. The van der Waals surface area contributed by atoms with Gasteiger partial charge < -0.3 is 15.7 Å². The molecule has 5 heteroatoms. The average Bonchev–Trinajstić information content (AvgIpc) is 2.51. The van der Waals surface area contributed by atoms with Gasteiger partial charge in [0.1, 0.15) is 0 Å². The number of carbonyl (C=O) groups excluding carboxylic acids is 2. The molecule has 0 saturated carbocycles. The molecule has 2 amide bonds. The third-order valence-electron chi connectivity index (χ3n) is 3.79. The van der Waals surface area contributed by atoms with Crippen LogP contribution in [0, 0.1) is 0 Å². The largest absolute Gasteiger partial charge is 0.394 e. The third-order valence-corrected chi connectivity index (χ3v) is 3.79. The summed E-state index contributed by atoms with van der Waals surface area (Å²) in [5.74, 6) is -0.283. The molecule has 116 valence electrons. The van der Waals surface area contributed by atoms with Crippen molar-refractivity contribution in [3.05, 3.63) is 35.4 Å². The Morgan fingerprint density at radius 2 is 1.71 bits per heavy atom. The lowest BCUT2D eigenvalue weighted by atomic mass is 9.93. The van der Waals surface area contributed by atoms with Crippen molar-refractivity contribution in [3.63, 3.8) is 0 Å². The summed E-state index contributed by atoms with van der Waals surface area (Å²) in [7, 11) is 0. The fraction of sp³-hybridized carbons (Fsp3) is 0.500. The molecule has 1 rings (SSSR count). The predicted octanol–water partition coefficient (Wildman–Crippen LogP) is 1.60. The first-order chi connectivity index (χ1) is 9.96. The number of aliphatic hydroxyl groups excluding tert-OH is 1. The molecule has 0 bridgehead atoms. The summed E-state index contributed by atoms with van der Waals surface area (Å²) >= 11 is 0. The normalized spacial score (nSPS) is 11.0. The second-order valence-corrected chi connectivity index (χ2v) is 5.21. The molecule has 21 heavy (non-hydrogen) atoms. The highest BCUT2D eigenvalue weighted by atomic mass is 16.3. The highest BCUT2D eigenvalue weighted by Crippen LogP contribution is 2.15. The number of carbonyl (C=O) groups is 2. The molecule has 0 aliphatic carbocycles. The molecule has 0 radical (unpaired) electrons. The molecule has 0 aromatic heterocycles. The van der Waals surface area contributed by atoms with Crippen LogP contribution >= 0.6 is 0 Å². The fourth-order valence-corrected chi connectivity index (χ4v) is 2.00. The number of rotatable bonds is 7. The molecule has 0 aliphatic rings. The van der Waals surface area contributed by atoms with Gasteiger partial charge in [0.25, 0.3) is 5.91 Å². The van der Waals surface area contributed by atoms with Crippen molar-refractivity contribution in [3.8, 4) is 0 Å². The molecule has 5 nitrogen and oxygen atoms in total. The Morgan fingerprint density at radius 1 is 1.14 bits per heavy atom. The Balaban J connectivity index is 2.73. The van der Waals surface area contributed by atoms with Gasteiger partial charge >= 0.3 is 0 Å². The Labute approximate surface area is 125 Å². The quantitative estimate of drug-likeness (QED) is 0.714. The molecule has 1 aromatic carbocycles. The van der Waals surface area contributed by atoms with Gasteiger partial charge in [0.2, 0.25) is 5.91 Å². The number of amides is 2. The molecule has 3 N–H and O–H groups in total. The molecular weight excluding hydrogens is 268 g/mol. The van der Waals surface area contributed by atoms with E-state index in [1.807, 2.05) is 26.0 Å². The predicted molar refractivity (Wildman–Crippen MR) is 81.8 cm³/mol. The molecule has 1 aromatic rings. The standard InChI is InChI=1S/C16H24N2O3/c1-4-16(5-2,11-19)18-15(21)14-8-6-13(7-9-14)10-17-12(3)20/h6-9,19H,4-5,10-11H2,1-3H3,(H,17,20)(H,18,21). The Morgan fingerprint density at radius 3 is 2.14 bits per heavy atom. The van der Waals surface area contributed by atoms with Crippen LogP contribution < -0.4 is 10.6 Å². The zero-order chi connectivity index (χ0) is 15.9. The van der Waals surface area contributed by atoms with E-state index < -0.39 is 5.54 Å². The minimum absolute atomic E-state index is 0.0770. The van der Waals surface area contributed by atoms with E-state index in [0.717, 1.165) is 5.56 Å². The first-order valence-electron chi connectivity index (χ1n) is 7.23. The average molecular weight is 292 g/mol. The summed E-state index contributed by atoms with van der Waals surface area (Å²) in [5.41, 5.74) is 0.911. The molecular formula is C16H24N2O3. The maximum Gasteiger partial charge on any atom is 0.251 e. The maximum absolute atomic E-state index is 12.2. The molecule has 0 unspecified atom stereocenters. The third kappa shape index (κ3) is 4.86. The van der Waals surface area contributed by atoms with Gasteiger partial charge in [0, 0.05) is 19.0 Å². The zero-order valence-corrected chi connectivity index (χ0v) is 12.9. The van der Waals surface area contributed by atoms with Crippen LogP contribution in [-0.4, -0.2) is 29.1 Å². The Kier molecular flexibility index (Phi) is 6.37. The van der Waals surface area contributed by atoms with Crippen molar-refractivity contribution < 1.29 is 14.7 Å². The fourth-order valence-electron chi connectivity index (χ4n) is 2.00. The molecule has 0 atom stereocenters. The van der Waals surface area contributed by atoms with Gasteiger partial charge in [-0.15, -0.1) is 0 Å². The second-order valence-electron chi connectivity index (χ2n) is 5.21. The summed E-state index contributed by atoms with van der Waals surface area (Å²) in [6, 6.07) is 7.06. The summed E-state index contributed by atoms with van der Waals surface area (Å²) in [5, 5.41) is 15.1. The molecule has 0 saturated heterocycles. The van der Waals surface area contributed by atoms with Gasteiger partial charge in [-0.3, -0.25) is 9.59 Å². The van der Waals surface area contributed by atoms with E-state index in [0.29, 0.717) is 24.9 Å². The van der Waals surface area contributed by atoms with Crippen molar-refractivity contribution in [1.29, 1.82) is 0 Å². The van der Waals surface area contributed by atoms with Gasteiger partial charge in [-0.05, 0) is 30.5 Å². The van der Waals surface area contributed by atoms with Crippen LogP contribution in [0.5, 0.6) is 0 Å². The molecule has 0 aliphatic heterocycles. The lowest BCUT2D eigenvalue weighted by Crippen LogP contribution is -2.50. The van der Waals surface area contributed by atoms with Crippen molar-refractivity contribution in [2.24, 2.45) is 0 Å². The van der Waals surface area contributed by atoms with Crippen LogP contribution in [0.25, 0.3) is 0 Å². The monoisotopic (exact) mass is 292 g/mol. The van der Waals surface area contributed by atoms with Crippen LogP contribution in [0.2, 0.25) is 0 Å². The first-order valence-corrected chi connectivity index (χ1v) is 7.23. The smallest absolute Gasteiger partial charge is 0.251 e. The summed E-state index contributed by atoms with van der Waals surface area (Å²) < 4.78 is 0. The van der Waals surface area contributed by atoms with Crippen molar-refractivity contribution in [1.82, 2.24) is 10.6 Å². The van der Waals surface area contributed by atoms with Gasteiger partial charge in [-0.1, -0.05) is 26.0 Å². The van der Waals surface area contributed by atoms with E-state index in [2.05, 4.69) is 10.6 Å². The number of aliphatic hydroxyl groups is 1. The van der Waals surface area contributed by atoms with Crippen LogP contribution in [0.4, 0.5) is 0 Å². The van der Waals surface area contributed by atoms with E-state index in [1.165, 1.54) is 6.92 Å². The summed E-state index contributed by atoms with van der Waals surface area (Å²) in [6.07, 6.45) is 1.35. The lowest BCUT2D eigenvalue weighted by Gasteiger charge is -2.30. The van der Waals surface area contributed by atoms with Gasteiger partial charge in [0.15, 0.2) is 0 Å².